The number of amides is 2. The fourth-order valence-corrected chi connectivity index (χ4v) is 5.99. The molecule has 2 amide bonds. The summed E-state index contributed by atoms with van der Waals surface area (Å²) in [6.07, 6.45) is 1.06. The summed E-state index contributed by atoms with van der Waals surface area (Å²) in [6, 6.07) is 19.3. The van der Waals surface area contributed by atoms with Crippen molar-refractivity contribution < 1.29 is 22.7 Å². The van der Waals surface area contributed by atoms with Gasteiger partial charge in [0.1, 0.15) is 18.3 Å². The quantitative estimate of drug-likeness (QED) is 0.242. The van der Waals surface area contributed by atoms with E-state index < -0.39 is 28.5 Å². The first-order valence-corrected chi connectivity index (χ1v) is 16.0. The van der Waals surface area contributed by atoms with E-state index in [0.29, 0.717) is 23.8 Å². The van der Waals surface area contributed by atoms with Gasteiger partial charge in [-0.05, 0) is 75.6 Å². The van der Waals surface area contributed by atoms with Gasteiger partial charge in [-0.25, -0.2) is 8.42 Å². The number of anilines is 1. The van der Waals surface area contributed by atoms with Crippen molar-refractivity contribution in [3.05, 3.63) is 88.9 Å². The van der Waals surface area contributed by atoms with Gasteiger partial charge in [-0.1, -0.05) is 67.4 Å². The number of nitrogens with zero attached hydrogens (tertiary/aromatic N) is 2. The van der Waals surface area contributed by atoms with Crippen LogP contribution in [-0.4, -0.2) is 50.4 Å². The number of sulfonamides is 1. The van der Waals surface area contributed by atoms with E-state index in [0.717, 1.165) is 21.9 Å². The van der Waals surface area contributed by atoms with Crippen molar-refractivity contribution in [2.75, 3.05) is 17.5 Å². The average Bonchev–Trinajstić information content (AvgIpc) is 2.97. The van der Waals surface area contributed by atoms with Crippen molar-refractivity contribution in [3.8, 4) is 5.75 Å². The van der Waals surface area contributed by atoms with Crippen LogP contribution in [0.5, 0.6) is 5.75 Å². The Hall–Kier alpha value is -3.56. The summed E-state index contributed by atoms with van der Waals surface area (Å²) >= 11 is 6.09. The van der Waals surface area contributed by atoms with Crippen molar-refractivity contribution >= 4 is 39.1 Å². The van der Waals surface area contributed by atoms with Crippen molar-refractivity contribution in [3.63, 3.8) is 0 Å². The van der Waals surface area contributed by atoms with Crippen molar-refractivity contribution in [1.82, 2.24) is 10.2 Å². The number of para-hydroxylation sites is 2. The summed E-state index contributed by atoms with van der Waals surface area (Å²) in [6.45, 7) is 9.22. The molecule has 0 bridgehead atoms. The van der Waals surface area contributed by atoms with Gasteiger partial charge < -0.3 is 15.0 Å². The van der Waals surface area contributed by atoms with Gasteiger partial charge in [-0.2, -0.15) is 0 Å². The van der Waals surface area contributed by atoms with Crippen LogP contribution in [0.25, 0.3) is 0 Å². The lowest BCUT2D eigenvalue weighted by atomic mass is 10.1. The molecule has 0 unspecified atom stereocenters. The first kappa shape index (κ1) is 32.9. The van der Waals surface area contributed by atoms with Gasteiger partial charge in [0, 0.05) is 17.6 Å². The lowest BCUT2D eigenvalue weighted by Crippen LogP contribution is -2.53. The van der Waals surface area contributed by atoms with Crippen LogP contribution in [0.1, 0.15) is 51.7 Å². The zero-order valence-corrected chi connectivity index (χ0v) is 26.4. The lowest BCUT2D eigenvalue weighted by molar-refractivity contribution is -0.140. The maximum absolute atomic E-state index is 14.2. The second kappa shape index (κ2) is 15.1. The normalized spacial score (nSPS) is 12.7. The number of carbonyl (C=O) groups excluding carboxylic acids is 2. The van der Waals surface area contributed by atoms with Crippen LogP contribution in [0, 0.1) is 6.92 Å². The zero-order valence-electron chi connectivity index (χ0n) is 24.8. The molecule has 0 fully saturated rings. The van der Waals surface area contributed by atoms with E-state index in [4.69, 9.17) is 16.3 Å². The Kier molecular flexibility index (Phi) is 11.8. The Labute approximate surface area is 254 Å². The number of ether oxygens (including phenoxy) is 1. The van der Waals surface area contributed by atoms with E-state index >= 15 is 0 Å². The molecule has 3 rings (SSSR count). The third kappa shape index (κ3) is 8.26. The number of nitrogens with one attached hydrogen (secondary N) is 1. The minimum absolute atomic E-state index is 0.0398. The van der Waals surface area contributed by atoms with Crippen LogP contribution in [0.4, 0.5) is 5.69 Å². The highest BCUT2D eigenvalue weighted by molar-refractivity contribution is 7.92. The second-order valence-corrected chi connectivity index (χ2v) is 12.4. The molecule has 0 saturated heterocycles. The summed E-state index contributed by atoms with van der Waals surface area (Å²) in [5, 5.41) is 3.52. The smallest absolute Gasteiger partial charge is 0.264 e. The van der Waals surface area contributed by atoms with E-state index in [-0.39, 0.29) is 29.1 Å². The van der Waals surface area contributed by atoms with Crippen LogP contribution in [0.2, 0.25) is 5.02 Å². The summed E-state index contributed by atoms with van der Waals surface area (Å²) < 4.78 is 35.1. The number of carbonyl (C=O) groups is 2. The van der Waals surface area contributed by atoms with Gasteiger partial charge in [-0.15, -0.1) is 0 Å². The first-order chi connectivity index (χ1) is 20.0. The largest absolute Gasteiger partial charge is 0.492 e. The molecule has 8 nitrogen and oxygen atoms in total. The molecule has 0 spiro atoms. The van der Waals surface area contributed by atoms with Gasteiger partial charge >= 0.3 is 0 Å². The second-order valence-electron chi connectivity index (χ2n) is 10.1. The topological polar surface area (TPSA) is 96.0 Å². The molecule has 42 heavy (non-hydrogen) atoms. The number of hydrogen-bond acceptors (Lipinski definition) is 5. The first-order valence-electron chi connectivity index (χ1n) is 14.2. The number of hydrogen-bond donors (Lipinski definition) is 1. The Morgan fingerprint density at radius 1 is 0.929 bits per heavy atom. The molecule has 0 aromatic heterocycles. The number of benzene rings is 3. The molecule has 226 valence electrons. The number of halogens is 1. The monoisotopic (exact) mass is 613 g/mol. The molecule has 0 aliphatic heterocycles. The van der Waals surface area contributed by atoms with Gasteiger partial charge in [0.15, 0.2) is 0 Å². The van der Waals surface area contributed by atoms with E-state index in [1.54, 1.807) is 67.6 Å². The summed E-state index contributed by atoms with van der Waals surface area (Å²) in [5.41, 5.74) is 1.89. The Morgan fingerprint density at radius 2 is 1.57 bits per heavy atom. The maximum Gasteiger partial charge on any atom is 0.264 e. The molecule has 0 radical (unpaired) electrons. The van der Waals surface area contributed by atoms with Gasteiger partial charge in [0.05, 0.1) is 17.2 Å². The minimum atomic E-state index is -4.21. The zero-order chi connectivity index (χ0) is 30.9. The Balaban J connectivity index is 2.10. The Morgan fingerprint density at radius 3 is 2.17 bits per heavy atom. The third-order valence-electron chi connectivity index (χ3n) is 6.97. The maximum atomic E-state index is 14.2. The summed E-state index contributed by atoms with van der Waals surface area (Å²) in [7, 11) is -4.21. The molecular weight excluding hydrogens is 574 g/mol. The summed E-state index contributed by atoms with van der Waals surface area (Å²) in [5.74, 6) is -0.496. The molecule has 0 aliphatic carbocycles. The average molecular weight is 614 g/mol. The molecule has 1 N–H and O–H groups in total. The fourth-order valence-electron chi connectivity index (χ4n) is 4.44. The predicted octanol–water partition coefficient (Wildman–Crippen LogP) is 5.96. The van der Waals surface area contributed by atoms with Crippen LogP contribution >= 0.6 is 11.6 Å². The van der Waals surface area contributed by atoms with E-state index in [2.05, 4.69) is 5.32 Å². The van der Waals surface area contributed by atoms with Gasteiger partial charge in [0.25, 0.3) is 10.0 Å². The highest BCUT2D eigenvalue weighted by Gasteiger charge is 2.35. The number of aryl methyl sites for hydroxylation is 1. The SMILES string of the molecule is CCOc1ccccc1N(CC(=O)N(Cc1ccc(Cl)cc1)[C@@H](CC)C(=O)N[C@H](C)CC)S(=O)(=O)c1ccc(C)cc1. The van der Waals surface area contributed by atoms with Crippen LogP contribution in [0.3, 0.4) is 0 Å². The lowest BCUT2D eigenvalue weighted by Gasteiger charge is -2.34. The van der Waals surface area contributed by atoms with Crippen molar-refractivity contribution in [1.29, 1.82) is 0 Å². The van der Waals surface area contributed by atoms with Crippen molar-refractivity contribution in [2.45, 2.75) is 71.0 Å². The Bertz CT molecular complexity index is 1450. The molecule has 0 saturated carbocycles. The van der Waals surface area contributed by atoms with Crippen LogP contribution in [-0.2, 0) is 26.2 Å². The molecule has 10 heteroatoms. The highest BCUT2D eigenvalue weighted by Crippen LogP contribution is 2.33. The molecule has 3 aromatic rings. The fraction of sp³-hybridized carbons (Fsp3) is 0.375. The van der Waals surface area contributed by atoms with E-state index in [1.165, 1.54) is 17.0 Å². The van der Waals surface area contributed by atoms with Crippen molar-refractivity contribution in [2.24, 2.45) is 0 Å². The predicted molar refractivity (Wildman–Crippen MR) is 167 cm³/mol. The van der Waals surface area contributed by atoms with E-state index in [9.17, 15) is 18.0 Å². The molecule has 3 aromatic carbocycles. The molecular formula is C32H40ClN3O5S. The number of rotatable bonds is 14. The van der Waals surface area contributed by atoms with Gasteiger partial charge in [0.2, 0.25) is 11.8 Å². The third-order valence-corrected chi connectivity index (χ3v) is 9.00. The van der Waals surface area contributed by atoms with Crippen LogP contribution < -0.4 is 14.4 Å². The minimum Gasteiger partial charge on any atom is -0.492 e. The molecule has 2 atom stereocenters. The standard InChI is InChI=1S/C32H40ClN3O5S/c1-6-24(5)34-32(38)28(7-2)35(21-25-15-17-26(33)18-16-25)31(37)22-36(29-11-9-10-12-30(29)41-8-3)42(39,40)27-19-13-23(4)14-20-27/h9-20,24,28H,6-8,21-22H2,1-5H3,(H,34,38)/t24-,28+/m1/s1. The van der Waals surface area contributed by atoms with Gasteiger partial charge in [-0.3, -0.25) is 13.9 Å². The molecule has 0 aliphatic rings. The highest BCUT2D eigenvalue weighted by atomic mass is 35.5. The van der Waals surface area contributed by atoms with E-state index in [1.807, 2.05) is 27.7 Å². The molecule has 0 heterocycles. The van der Waals surface area contributed by atoms with Crippen LogP contribution in [0.15, 0.2) is 77.7 Å². The summed E-state index contributed by atoms with van der Waals surface area (Å²) in [4.78, 5) is 29.1.